The van der Waals surface area contributed by atoms with E-state index in [-0.39, 0.29) is 0 Å². The number of aryl methyl sites for hydroxylation is 1. The quantitative estimate of drug-likeness (QED) is 0.712. The van der Waals surface area contributed by atoms with Gasteiger partial charge in [-0.25, -0.2) is 0 Å². The Morgan fingerprint density at radius 2 is 2.00 bits per heavy atom. The number of halogens is 1. The van der Waals surface area contributed by atoms with Crippen LogP contribution in [0, 0.1) is 6.92 Å². The summed E-state index contributed by atoms with van der Waals surface area (Å²) in [6.45, 7) is 2.70. The molecule has 0 atom stereocenters. The number of ether oxygens (including phenoxy) is 1. The van der Waals surface area contributed by atoms with E-state index >= 15 is 0 Å². The molecule has 0 saturated heterocycles. The molecule has 3 nitrogen and oxygen atoms in total. The zero-order chi connectivity index (χ0) is 14.8. The van der Waals surface area contributed by atoms with Gasteiger partial charge in [-0.1, -0.05) is 24.3 Å². The Labute approximate surface area is 132 Å². The number of para-hydroxylation sites is 1. The second-order valence-electron chi connectivity index (χ2n) is 4.88. The first-order valence-electron chi connectivity index (χ1n) is 6.73. The van der Waals surface area contributed by atoms with Crippen LogP contribution in [0.3, 0.4) is 0 Å². The number of benzene rings is 2. The highest BCUT2D eigenvalue weighted by atomic mass is 79.9. The normalized spacial score (nSPS) is 10.8. The Morgan fingerprint density at radius 1 is 1.19 bits per heavy atom. The fourth-order valence-electron chi connectivity index (χ4n) is 2.30. The molecule has 4 heteroatoms. The van der Waals surface area contributed by atoms with E-state index in [0.717, 1.165) is 32.6 Å². The van der Waals surface area contributed by atoms with E-state index in [9.17, 15) is 0 Å². The van der Waals surface area contributed by atoms with Gasteiger partial charge in [-0.15, -0.1) is 0 Å². The summed E-state index contributed by atoms with van der Waals surface area (Å²) in [4.78, 5) is 0. The SMILES string of the molecule is COc1cccc2cc(CNc3cccc(C)c3Br)oc12. The van der Waals surface area contributed by atoms with Gasteiger partial charge in [0.25, 0.3) is 0 Å². The molecule has 108 valence electrons. The first-order valence-corrected chi connectivity index (χ1v) is 7.53. The van der Waals surface area contributed by atoms with Crippen LogP contribution in [-0.2, 0) is 6.54 Å². The van der Waals surface area contributed by atoms with E-state index in [1.165, 1.54) is 5.56 Å². The van der Waals surface area contributed by atoms with Gasteiger partial charge < -0.3 is 14.5 Å². The predicted molar refractivity (Wildman–Crippen MR) is 89.0 cm³/mol. The molecular formula is C17H16BrNO2. The molecule has 1 heterocycles. The molecule has 0 aliphatic carbocycles. The van der Waals surface area contributed by atoms with Gasteiger partial charge in [-0.05, 0) is 46.6 Å². The first kappa shape index (κ1) is 14.0. The minimum absolute atomic E-state index is 0.625. The van der Waals surface area contributed by atoms with Crippen molar-refractivity contribution in [2.75, 3.05) is 12.4 Å². The minimum atomic E-state index is 0.625. The van der Waals surface area contributed by atoms with Crippen molar-refractivity contribution < 1.29 is 9.15 Å². The van der Waals surface area contributed by atoms with Crippen LogP contribution in [-0.4, -0.2) is 7.11 Å². The standard InChI is InChI=1S/C17H16BrNO2/c1-11-5-3-7-14(16(11)18)19-10-13-9-12-6-4-8-15(20-2)17(12)21-13/h3-9,19H,10H2,1-2H3. The van der Waals surface area contributed by atoms with E-state index < -0.39 is 0 Å². The van der Waals surface area contributed by atoms with E-state index in [4.69, 9.17) is 9.15 Å². The molecule has 0 bridgehead atoms. The van der Waals surface area contributed by atoms with Gasteiger partial charge in [0.05, 0.1) is 13.7 Å². The fraction of sp³-hybridized carbons (Fsp3) is 0.176. The molecule has 0 spiro atoms. The lowest BCUT2D eigenvalue weighted by atomic mass is 10.2. The number of furan rings is 1. The Morgan fingerprint density at radius 3 is 2.81 bits per heavy atom. The third-order valence-corrected chi connectivity index (χ3v) is 4.48. The summed E-state index contributed by atoms with van der Waals surface area (Å²) in [7, 11) is 1.65. The van der Waals surface area contributed by atoms with Crippen LogP contribution in [0.5, 0.6) is 5.75 Å². The molecule has 1 aromatic heterocycles. The van der Waals surface area contributed by atoms with Gasteiger partial charge in [0.1, 0.15) is 5.76 Å². The highest BCUT2D eigenvalue weighted by Crippen LogP contribution is 2.30. The van der Waals surface area contributed by atoms with Gasteiger partial charge in [0, 0.05) is 15.5 Å². The minimum Gasteiger partial charge on any atom is -0.493 e. The van der Waals surface area contributed by atoms with Crippen molar-refractivity contribution in [2.45, 2.75) is 13.5 Å². The van der Waals surface area contributed by atoms with E-state index in [1.54, 1.807) is 7.11 Å². The molecule has 0 unspecified atom stereocenters. The summed E-state index contributed by atoms with van der Waals surface area (Å²) in [5.74, 6) is 1.64. The number of nitrogens with one attached hydrogen (secondary N) is 1. The number of anilines is 1. The zero-order valence-corrected chi connectivity index (χ0v) is 13.5. The summed E-state index contributed by atoms with van der Waals surface area (Å²) >= 11 is 3.60. The molecule has 0 amide bonds. The third-order valence-electron chi connectivity index (χ3n) is 3.42. The van der Waals surface area contributed by atoms with E-state index in [2.05, 4.69) is 34.2 Å². The maximum Gasteiger partial charge on any atom is 0.176 e. The molecule has 3 aromatic rings. The Kier molecular flexibility index (Phi) is 3.88. The first-order chi connectivity index (χ1) is 10.2. The summed E-state index contributed by atoms with van der Waals surface area (Å²) in [6.07, 6.45) is 0. The lowest BCUT2D eigenvalue weighted by molar-refractivity contribution is 0.408. The molecule has 1 N–H and O–H groups in total. The summed E-state index contributed by atoms with van der Waals surface area (Å²) in [6, 6.07) is 14.1. The molecule has 21 heavy (non-hydrogen) atoms. The van der Waals surface area contributed by atoms with Crippen LogP contribution >= 0.6 is 15.9 Å². The topological polar surface area (TPSA) is 34.4 Å². The highest BCUT2D eigenvalue weighted by molar-refractivity contribution is 9.10. The molecular weight excluding hydrogens is 330 g/mol. The number of fused-ring (bicyclic) bond motifs is 1. The third kappa shape index (κ3) is 2.76. The van der Waals surface area contributed by atoms with Crippen LogP contribution in [0.1, 0.15) is 11.3 Å². The highest BCUT2D eigenvalue weighted by Gasteiger charge is 2.09. The van der Waals surface area contributed by atoms with Crippen LogP contribution in [0.4, 0.5) is 5.69 Å². The zero-order valence-electron chi connectivity index (χ0n) is 11.9. The lowest BCUT2D eigenvalue weighted by Crippen LogP contribution is -1.99. The number of rotatable bonds is 4. The smallest absolute Gasteiger partial charge is 0.176 e. The van der Waals surface area contributed by atoms with Crippen molar-refractivity contribution >= 4 is 32.6 Å². The van der Waals surface area contributed by atoms with Crippen molar-refractivity contribution in [2.24, 2.45) is 0 Å². The Balaban J connectivity index is 1.84. The van der Waals surface area contributed by atoms with Crippen molar-refractivity contribution in [1.82, 2.24) is 0 Å². The van der Waals surface area contributed by atoms with Gasteiger partial charge in [-0.3, -0.25) is 0 Å². The average Bonchev–Trinajstić information content (AvgIpc) is 2.91. The van der Waals surface area contributed by atoms with Crippen molar-refractivity contribution in [3.05, 3.63) is 58.3 Å². The van der Waals surface area contributed by atoms with Crippen LogP contribution < -0.4 is 10.1 Å². The second-order valence-corrected chi connectivity index (χ2v) is 5.67. The van der Waals surface area contributed by atoms with Crippen LogP contribution in [0.25, 0.3) is 11.0 Å². The van der Waals surface area contributed by atoms with E-state index in [1.807, 2.05) is 36.4 Å². The Bertz CT molecular complexity index is 780. The monoisotopic (exact) mass is 345 g/mol. The van der Waals surface area contributed by atoms with Crippen LogP contribution in [0.15, 0.2) is 51.4 Å². The maximum absolute atomic E-state index is 5.88. The molecule has 0 aliphatic heterocycles. The number of hydrogen-bond donors (Lipinski definition) is 1. The molecule has 0 fully saturated rings. The summed E-state index contributed by atoms with van der Waals surface area (Å²) < 4.78 is 12.3. The van der Waals surface area contributed by atoms with Gasteiger partial charge in [0.15, 0.2) is 11.3 Å². The predicted octanol–water partition coefficient (Wildman–Crippen LogP) is 5.12. The Hall–Kier alpha value is -1.94. The number of methoxy groups -OCH3 is 1. The molecule has 0 saturated carbocycles. The van der Waals surface area contributed by atoms with Crippen molar-refractivity contribution in [1.29, 1.82) is 0 Å². The molecule has 0 radical (unpaired) electrons. The fourth-order valence-corrected chi connectivity index (χ4v) is 2.71. The van der Waals surface area contributed by atoms with Gasteiger partial charge >= 0.3 is 0 Å². The maximum atomic E-state index is 5.88. The van der Waals surface area contributed by atoms with Crippen LogP contribution in [0.2, 0.25) is 0 Å². The number of hydrogen-bond acceptors (Lipinski definition) is 3. The summed E-state index contributed by atoms with van der Waals surface area (Å²) in [5.41, 5.74) is 3.05. The van der Waals surface area contributed by atoms with Gasteiger partial charge in [0.2, 0.25) is 0 Å². The van der Waals surface area contributed by atoms with E-state index in [0.29, 0.717) is 6.54 Å². The second kappa shape index (κ2) is 5.82. The molecule has 0 aliphatic rings. The molecule has 3 rings (SSSR count). The van der Waals surface area contributed by atoms with Gasteiger partial charge in [-0.2, -0.15) is 0 Å². The molecule has 2 aromatic carbocycles. The largest absolute Gasteiger partial charge is 0.493 e. The van der Waals surface area contributed by atoms with Crippen molar-refractivity contribution in [3.63, 3.8) is 0 Å². The average molecular weight is 346 g/mol. The van der Waals surface area contributed by atoms with Crippen molar-refractivity contribution in [3.8, 4) is 5.75 Å². The lowest BCUT2D eigenvalue weighted by Gasteiger charge is -2.08. The summed E-state index contributed by atoms with van der Waals surface area (Å²) in [5, 5.41) is 4.44.